The van der Waals surface area contributed by atoms with Gasteiger partial charge in [0.05, 0.1) is 12.2 Å². The minimum Gasteiger partial charge on any atom is -0.392 e. The molecule has 0 amide bonds. The van der Waals surface area contributed by atoms with E-state index in [1.165, 1.54) is 18.2 Å². The highest BCUT2D eigenvalue weighted by Gasteiger charge is 2.55. The number of likely N-dealkylation sites (tertiary alicyclic amines) is 1. The van der Waals surface area contributed by atoms with E-state index in [0.717, 1.165) is 25.9 Å². The summed E-state index contributed by atoms with van der Waals surface area (Å²) in [6.45, 7) is 4.37. The zero-order chi connectivity index (χ0) is 15.7. The Bertz CT molecular complexity index is 507. The lowest BCUT2D eigenvalue weighted by molar-refractivity contribution is -0.210. The summed E-state index contributed by atoms with van der Waals surface area (Å²) in [5, 5.41) is 10.2. The van der Waals surface area contributed by atoms with Gasteiger partial charge in [-0.25, -0.2) is 8.78 Å². The maximum Gasteiger partial charge on any atom is 0.130 e. The van der Waals surface area contributed by atoms with Crippen LogP contribution in [0.5, 0.6) is 0 Å². The van der Waals surface area contributed by atoms with Crippen LogP contribution in [-0.2, 0) is 11.3 Å². The topological polar surface area (TPSA) is 32.7 Å². The van der Waals surface area contributed by atoms with Crippen molar-refractivity contribution in [3.63, 3.8) is 0 Å². The first kappa shape index (κ1) is 15.8. The van der Waals surface area contributed by atoms with Crippen LogP contribution in [0.1, 0.15) is 31.7 Å². The van der Waals surface area contributed by atoms with E-state index >= 15 is 0 Å². The molecule has 2 aliphatic rings. The number of ether oxygens (including phenoxy) is 1. The van der Waals surface area contributed by atoms with Gasteiger partial charge in [-0.2, -0.15) is 0 Å². The second-order valence-corrected chi connectivity index (χ2v) is 6.41. The lowest BCUT2D eigenvalue weighted by Gasteiger charge is -2.56. The van der Waals surface area contributed by atoms with Crippen LogP contribution in [0.2, 0.25) is 0 Å². The summed E-state index contributed by atoms with van der Waals surface area (Å²) in [6, 6.07) is 3.98. The number of hydrogen-bond acceptors (Lipinski definition) is 3. The van der Waals surface area contributed by atoms with Gasteiger partial charge in [-0.3, -0.25) is 4.90 Å². The Morgan fingerprint density at radius 1 is 1.27 bits per heavy atom. The first-order valence-corrected chi connectivity index (χ1v) is 8.01. The zero-order valence-corrected chi connectivity index (χ0v) is 12.9. The van der Waals surface area contributed by atoms with E-state index in [9.17, 15) is 13.9 Å². The first-order valence-electron chi connectivity index (χ1n) is 8.01. The molecule has 1 heterocycles. The Hall–Kier alpha value is -1.04. The van der Waals surface area contributed by atoms with Crippen molar-refractivity contribution < 1.29 is 18.6 Å². The summed E-state index contributed by atoms with van der Waals surface area (Å²) in [6.07, 6.45) is 2.15. The highest BCUT2D eigenvalue weighted by atomic mass is 19.1. The van der Waals surface area contributed by atoms with Crippen LogP contribution in [0.3, 0.4) is 0 Å². The van der Waals surface area contributed by atoms with E-state index in [4.69, 9.17) is 4.74 Å². The monoisotopic (exact) mass is 311 g/mol. The number of nitrogens with zero attached hydrogens (tertiary/aromatic N) is 1. The van der Waals surface area contributed by atoms with Crippen LogP contribution in [0, 0.1) is 17.0 Å². The van der Waals surface area contributed by atoms with Crippen LogP contribution in [0.4, 0.5) is 8.78 Å². The second kappa shape index (κ2) is 6.22. The fourth-order valence-corrected chi connectivity index (χ4v) is 3.85. The van der Waals surface area contributed by atoms with Gasteiger partial charge in [0.1, 0.15) is 11.6 Å². The molecule has 1 aromatic carbocycles. The van der Waals surface area contributed by atoms with E-state index < -0.39 is 11.6 Å². The van der Waals surface area contributed by atoms with Gasteiger partial charge in [-0.05, 0) is 45.0 Å². The van der Waals surface area contributed by atoms with Crippen molar-refractivity contribution >= 4 is 0 Å². The molecule has 2 atom stereocenters. The fraction of sp³-hybridized carbons (Fsp3) is 0.647. The zero-order valence-electron chi connectivity index (χ0n) is 12.9. The van der Waals surface area contributed by atoms with Crippen LogP contribution >= 0.6 is 0 Å². The Kier molecular flexibility index (Phi) is 4.48. The maximum absolute atomic E-state index is 13.7. The molecule has 1 saturated heterocycles. The molecule has 3 nitrogen and oxygen atoms in total. The quantitative estimate of drug-likeness (QED) is 0.928. The van der Waals surface area contributed by atoms with E-state index in [0.29, 0.717) is 13.0 Å². The normalized spacial score (nSPS) is 27.8. The largest absolute Gasteiger partial charge is 0.392 e. The van der Waals surface area contributed by atoms with Gasteiger partial charge in [0.15, 0.2) is 0 Å². The van der Waals surface area contributed by atoms with Gasteiger partial charge in [0.2, 0.25) is 0 Å². The minimum atomic E-state index is -0.490. The van der Waals surface area contributed by atoms with Crippen molar-refractivity contribution in [1.82, 2.24) is 4.90 Å². The molecule has 0 unspecified atom stereocenters. The molecule has 1 spiro atoms. The van der Waals surface area contributed by atoms with Crippen molar-refractivity contribution in [2.45, 2.75) is 44.9 Å². The third-order valence-corrected chi connectivity index (χ3v) is 5.34. The molecule has 2 fully saturated rings. The molecular weight excluding hydrogens is 288 g/mol. The molecule has 1 N–H and O–H groups in total. The van der Waals surface area contributed by atoms with Crippen LogP contribution < -0.4 is 0 Å². The average molecular weight is 311 g/mol. The van der Waals surface area contributed by atoms with Crippen molar-refractivity contribution in [2.24, 2.45) is 5.41 Å². The summed E-state index contributed by atoms with van der Waals surface area (Å²) in [4.78, 5) is 2.06. The molecule has 1 aromatic rings. The smallest absolute Gasteiger partial charge is 0.130 e. The third-order valence-electron chi connectivity index (χ3n) is 5.34. The standard InChI is InChI=1S/C17H23F2NO2/c1-2-22-16-10-15(21)17(16)6-8-20(9-7-17)11-12-13(18)4-3-5-14(12)19/h3-5,15-16,21H,2,6-11H2,1H3/t15-,16+/m1/s1. The third kappa shape index (κ3) is 2.66. The minimum absolute atomic E-state index is 0.125. The molecule has 1 saturated carbocycles. The lowest BCUT2D eigenvalue weighted by Crippen LogP contribution is -2.62. The summed E-state index contributed by atoms with van der Waals surface area (Å²) >= 11 is 0. The molecule has 0 bridgehead atoms. The molecular formula is C17H23F2NO2. The Morgan fingerprint density at radius 3 is 2.45 bits per heavy atom. The Labute approximate surface area is 129 Å². The van der Waals surface area contributed by atoms with Gasteiger partial charge >= 0.3 is 0 Å². The Balaban J connectivity index is 1.62. The fourth-order valence-electron chi connectivity index (χ4n) is 3.85. The number of aliphatic hydroxyl groups excluding tert-OH is 1. The number of rotatable bonds is 4. The van der Waals surface area contributed by atoms with Crippen molar-refractivity contribution in [3.8, 4) is 0 Å². The first-order chi connectivity index (χ1) is 10.6. The van der Waals surface area contributed by atoms with Gasteiger partial charge in [0, 0.05) is 30.6 Å². The van der Waals surface area contributed by atoms with Crippen molar-refractivity contribution in [1.29, 1.82) is 0 Å². The van der Waals surface area contributed by atoms with Crippen molar-refractivity contribution in [3.05, 3.63) is 35.4 Å². The van der Waals surface area contributed by atoms with Gasteiger partial charge < -0.3 is 9.84 Å². The van der Waals surface area contributed by atoms with E-state index in [1.54, 1.807) is 0 Å². The Morgan fingerprint density at radius 2 is 1.91 bits per heavy atom. The number of halogens is 2. The molecule has 1 aliphatic carbocycles. The molecule has 22 heavy (non-hydrogen) atoms. The molecule has 122 valence electrons. The number of hydrogen-bond donors (Lipinski definition) is 1. The summed E-state index contributed by atoms with van der Waals surface area (Å²) < 4.78 is 33.2. The van der Waals surface area contributed by atoms with Gasteiger partial charge in [0.25, 0.3) is 0 Å². The molecule has 0 radical (unpaired) electrons. The summed E-state index contributed by atoms with van der Waals surface area (Å²) in [5.74, 6) is -0.979. The number of piperidine rings is 1. The van der Waals surface area contributed by atoms with Gasteiger partial charge in [-0.1, -0.05) is 6.07 Å². The van der Waals surface area contributed by atoms with Gasteiger partial charge in [-0.15, -0.1) is 0 Å². The number of benzene rings is 1. The average Bonchev–Trinajstić information content (AvgIpc) is 2.51. The van der Waals surface area contributed by atoms with Crippen molar-refractivity contribution in [2.75, 3.05) is 19.7 Å². The van der Waals surface area contributed by atoms with E-state index in [1.807, 2.05) is 6.92 Å². The molecule has 0 aromatic heterocycles. The number of aliphatic hydroxyl groups is 1. The molecule has 5 heteroatoms. The molecule has 1 aliphatic heterocycles. The van der Waals surface area contributed by atoms with E-state index in [2.05, 4.69) is 4.90 Å². The van der Waals surface area contributed by atoms with Crippen LogP contribution in [0.15, 0.2) is 18.2 Å². The highest BCUT2D eigenvalue weighted by Crippen LogP contribution is 2.51. The highest BCUT2D eigenvalue weighted by molar-refractivity contribution is 5.20. The predicted molar refractivity (Wildman–Crippen MR) is 79.3 cm³/mol. The van der Waals surface area contributed by atoms with Crippen LogP contribution in [0.25, 0.3) is 0 Å². The molecule has 3 rings (SSSR count). The second-order valence-electron chi connectivity index (χ2n) is 6.41. The lowest BCUT2D eigenvalue weighted by atomic mass is 9.58. The predicted octanol–water partition coefficient (Wildman–Crippen LogP) is 2.72. The maximum atomic E-state index is 13.7. The van der Waals surface area contributed by atoms with E-state index in [-0.39, 0.29) is 29.7 Å². The SMILES string of the molecule is CCO[C@H]1C[C@@H](O)C12CCN(Cc1c(F)cccc1F)CC2. The summed E-state index contributed by atoms with van der Waals surface area (Å²) in [7, 11) is 0. The summed E-state index contributed by atoms with van der Waals surface area (Å²) in [5.41, 5.74) is -0.0192. The van der Waals surface area contributed by atoms with Crippen LogP contribution in [-0.4, -0.2) is 41.9 Å².